The molecular formula is C8H12ClN5. The molecule has 14 heavy (non-hydrogen) atoms. The van der Waals surface area contributed by atoms with E-state index in [2.05, 4.69) is 15.3 Å². The number of hydrogen-bond donors (Lipinski definition) is 2. The van der Waals surface area contributed by atoms with E-state index in [9.17, 15) is 0 Å². The maximum atomic E-state index is 5.50. The van der Waals surface area contributed by atoms with Crippen molar-refractivity contribution in [3.8, 4) is 11.3 Å². The van der Waals surface area contributed by atoms with E-state index < -0.39 is 0 Å². The highest BCUT2D eigenvalue weighted by molar-refractivity contribution is 5.85. The van der Waals surface area contributed by atoms with E-state index in [4.69, 9.17) is 5.73 Å². The first-order chi connectivity index (χ1) is 6.18. The van der Waals surface area contributed by atoms with Gasteiger partial charge in [-0.3, -0.25) is 9.78 Å². The molecule has 6 heteroatoms. The average molecular weight is 214 g/mol. The van der Waals surface area contributed by atoms with Crippen LogP contribution in [-0.4, -0.2) is 20.0 Å². The fraction of sp³-hybridized carbons (Fsp3) is 0.250. The van der Waals surface area contributed by atoms with Crippen molar-refractivity contribution in [1.29, 1.82) is 0 Å². The SMILES string of the molecule is Cc1c(-c2cc(N)n[nH]2)cnn1C.Cl. The summed E-state index contributed by atoms with van der Waals surface area (Å²) in [6.45, 7) is 2.00. The summed E-state index contributed by atoms with van der Waals surface area (Å²) in [5.74, 6) is 0.498. The van der Waals surface area contributed by atoms with Crippen LogP contribution in [0.3, 0.4) is 0 Å². The topological polar surface area (TPSA) is 72.5 Å². The van der Waals surface area contributed by atoms with Crippen molar-refractivity contribution >= 4 is 18.2 Å². The Morgan fingerprint density at radius 3 is 2.64 bits per heavy atom. The molecule has 0 fully saturated rings. The zero-order chi connectivity index (χ0) is 9.42. The first-order valence-corrected chi connectivity index (χ1v) is 3.98. The zero-order valence-corrected chi connectivity index (χ0v) is 8.80. The number of rotatable bonds is 1. The lowest BCUT2D eigenvalue weighted by Gasteiger charge is -1.95. The summed E-state index contributed by atoms with van der Waals surface area (Å²) in [6.07, 6.45) is 1.79. The van der Waals surface area contributed by atoms with Crippen molar-refractivity contribution < 1.29 is 0 Å². The predicted molar refractivity (Wildman–Crippen MR) is 57.2 cm³/mol. The van der Waals surface area contributed by atoms with E-state index in [0.29, 0.717) is 5.82 Å². The Balaban J connectivity index is 0.000000980. The van der Waals surface area contributed by atoms with E-state index in [0.717, 1.165) is 17.0 Å². The molecule has 2 rings (SSSR count). The highest BCUT2D eigenvalue weighted by atomic mass is 35.5. The van der Waals surface area contributed by atoms with Gasteiger partial charge in [0.2, 0.25) is 0 Å². The Labute approximate surface area is 87.7 Å². The van der Waals surface area contributed by atoms with Gasteiger partial charge in [-0.2, -0.15) is 10.2 Å². The van der Waals surface area contributed by atoms with Crippen LogP contribution in [0.15, 0.2) is 12.3 Å². The first-order valence-electron chi connectivity index (χ1n) is 3.98. The summed E-state index contributed by atoms with van der Waals surface area (Å²) in [4.78, 5) is 0. The third-order valence-corrected chi connectivity index (χ3v) is 2.12. The van der Waals surface area contributed by atoms with Crippen molar-refractivity contribution in [3.63, 3.8) is 0 Å². The smallest absolute Gasteiger partial charge is 0.145 e. The molecule has 0 saturated carbocycles. The summed E-state index contributed by atoms with van der Waals surface area (Å²) in [5.41, 5.74) is 8.53. The van der Waals surface area contributed by atoms with Crippen LogP contribution in [0.4, 0.5) is 5.82 Å². The minimum absolute atomic E-state index is 0. The lowest BCUT2D eigenvalue weighted by atomic mass is 10.2. The Bertz CT molecular complexity index is 431. The van der Waals surface area contributed by atoms with Gasteiger partial charge < -0.3 is 5.73 Å². The molecule has 76 valence electrons. The van der Waals surface area contributed by atoms with Crippen molar-refractivity contribution in [2.45, 2.75) is 6.92 Å². The molecule has 0 spiro atoms. The normalized spacial score (nSPS) is 9.86. The third-order valence-electron chi connectivity index (χ3n) is 2.12. The number of nitrogen functional groups attached to an aromatic ring is 1. The minimum Gasteiger partial charge on any atom is -0.382 e. The second-order valence-corrected chi connectivity index (χ2v) is 2.97. The molecule has 0 bridgehead atoms. The summed E-state index contributed by atoms with van der Waals surface area (Å²) < 4.78 is 1.81. The van der Waals surface area contributed by atoms with Crippen LogP contribution in [0.5, 0.6) is 0 Å². The summed E-state index contributed by atoms with van der Waals surface area (Å²) in [6, 6.07) is 1.80. The summed E-state index contributed by atoms with van der Waals surface area (Å²) >= 11 is 0. The maximum absolute atomic E-state index is 5.50. The molecule has 0 amide bonds. The molecule has 0 aliphatic carbocycles. The van der Waals surface area contributed by atoms with E-state index in [-0.39, 0.29) is 12.4 Å². The number of nitrogens with zero attached hydrogens (tertiary/aromatic N) is 3. The van der Waals surface area contributed by atoms with Crippen LogP contribution in [0.2, 0.25) is 0 Å². The number of aromatic nitrogens is 4. The van der Waals surface area contributed by atoms with E-state index >= 15 is 0 Å². The van der Waals surface area contributed by atoms with Gasteiger partial charge in [-0.15, -0.1) is 12.4 Å². The van der Waals surface area contributed by atoms with Gasteiger partial charge in [-0.05, 0) is 6.92 Å². The largest absolute Gasteiger partial charge is 0.382 e. The molecule has 2 aromatic rings. The minimum atomic E-state index is 0. The average Bonchev–Trinajstić information content (AvgIpc) is 2.62. The fourth-order valence-corrected chi connectivity index (χ4v) is 1.24. The van der Waals surface area contributed by atoms with Gasteiger partial charge in [0, 0.05) is 24.4 Å². The van der Waals surface area contributed by atoms with E-state index in [1.807, 2.05) is 18.7 Å². The van der Waals surface area contributed by atoms with Crippen LogP contribution >= 0.6 is 12.4 Å². The zero-order valence-electron chi connectivity index (χ0n) is 7.98. The molecule has 0 aliphatic heterocycles. The molecule has 0 aliphatic rings. The summed E-state index contributed by atoms with van der Waals surface area (Å²) in [5, 5.41) is 10.8. The molecular weight excluding hydrogens is 202 g/mol. The van der Waals surface area contributed by atoms with Crippen LogP contribution in [-0.2, 0) is 7.05 Å². The van der Waals surface area contributed by atoms with Crippen molar-refractivity contribution in [2.75, 3.05) is 5.73 Å². The molecule has 0 radical (unpaired) electrons. The number of nitrogens with two attached hydrogens (primary N) is 1. The second-order valence-electron chi connectivity index (χ2n) is 2.97. The maximum Gasteiger partial charge on any atom is 0.145 e. The first kappa shape index (κ1) is 10.6. The predicted octanol–water partition coefficient (Wildman–Crippen LogP) is 1.12. The number of hydrogen-bond acceptors (Lipinski definition) is 3. The van der Waals surface area contributed by atoms with Gasteiger partial charge in [0.25, 0.3) is 0 Å². The highest BCUT2D eigenvalue weighted by Crippen LogP contribution is 2.21. The Hall–Kier alpha value is -1.49. The molecule has 0 aromatic carbocycles. The van der Waals surface area contributed by atoms with E-state index in [1.165, 1.54) is 0 Å². The van der Waals surface area contributed by atoms with Crippen molar-refractivity contribution in [3.05, 3.63) is 18.0 Å². The summed E-state index contributed by atoms with van der Waals surface area (Å²) in [7, 11) is 1.90. The molecule has 5 nitrogen and oxygen atoms in total. The molecule has 2 heterocycles. The van der Waals surface area contributed by atoms with Gasteiger partial charge in [-0.25, -0.2) is 0 Å². The second kappa shape index (κ2) is 3.71. The van der Waals surface area contributed by atoms with Gasteiger partial charge in [0.15, 0.2) is 0 Å². The number of H-pyrrole nitrogens is 1. The van der Waals surface area contributed by atoms with E-state index in [1.54, 1.807) is 12.3 Å². The highest BCUT2D eigenvalue weighted by Gasteiger charge is 2.07. The Morgan fingerprint density at radius 2 is 2.21 bits per heavy atom. The Morgan fingerprint density at radius 1 is 1.50 bits per heavy atom. The van der Waals surface area contributed by atoms with Crippen LogP contribution < -0.4 is 5.73 Å². The standard InChI is InChI=1S/C8H11N5.ClH/c1-5-6(4-10-13(5)2)7-3-8(9)12-11-7;/h3-4H,1-2H3,(H3,9,11,12);1H. The number of aryl methyl sites for hydroxylation is 1. The van der Waals surface area contributed by atoms with Gasteiger partial charge >= 0.3 is 0 Å². The van der Waals surface area contributed by atoms with Crippen LogP contribution in [0.1, 0.15) is 5.69 Å². The quantitative estimate of drug-likeness (QED) is 0.746. The van der Waals surface area contributed by atoms with Crippen LogP contribution in [0.25, 0.3) is 11.3 Å². The monoisotopic (exact) mass is 213 g/mol. The van der Waals surface area contributed by atoms with Gasteiger partial charge in [-0.1, -0.05) is 0 Å². The molecule has 0 atom stereocenters. The fourth-order valence-electron chi connectivity index (χ4n) is 1.24. The molecule has 0 unspecified atom stereocenters. The van der Waals surface area contributed by atoms with Crippen molar-refractivity contribution in [2.24, 2.45) is 7.05 Å². The molecule has 2 aromatic heterocycles. The number of nitrogens with one attached hydrogen (secondary N) is 1. The van der Waals surface area contributed by atoms with Crippen molar-refractivity contribution in [1.82, 2.24) is 20.0 Å². The lowest BCUT2D eigenvalue weighted by Crippen LogP contribution is -1.92. The molecule has 3 N–H and O–H groups in total. The number of anilines is 1. The van der Waals surface area contributed by atoms with Gasteiger partial charge in [0.05, 0.1) is 11.9 Å². The van der Waals surface area contributed by atoms with Crippen LogP contribution in [0, 0.1) is 6.92 Å². The molecule has 0 saturated heterocycles. The van der Waals surface area contributed by atoms with Gasteiger partial charge in [0.1, 0.15) is 5.82 Å². The Kier molecular flexibility index (Phi) is 2.81. The third kappa shape index (κ3) is 1.58. The number of aromatic amines is 1. The lowest BCUT2D eigenvalue weighted by molar-refractivity contribution is 0.740. The number of halogens is 1.